The van der Waals surface area contributed by atoms with E-state index in [9.17, 15) is 27.6 Å². The molecule has 0 saturated heterocycles. The average molecular weight is 807 g/mol. The number of fused-ring (bicyclic) bond motifs is 3. The van der Waals surface area contributed by atoms with Crippen molar-refractivity contribution in [1.29, 1.82) is 0 Å². The summed E-state index contributed by atoms with van der Waals surface area (Å²) in [5, 5.41) is 9.78. The number of halogens is 5. The number of hydrogen-bond donors (Lipinski definition) is 5. The summed E-state index contributed by atoms with van der Waals surface area (Å²) >= 11 is 13.9. The maximum Gasteiger partial charge on any atom is 0.416 e. The van der Waals surface area contributed by atoms with Gasteiger partial charge in [0.15, 0.2) is 0 Å². The van der Waals surface area contributed by atoms with Crippen molar-refractivity contribution in [2.75, 3.05) is 20.1 Å². The van der Waals surface area contributed by atoms with E-state index >= 15 is 0 Å². The minimum Gasteiger partial charge on any atom is -0.350 e. The number of hydrogen-bond acceptors (Lipinski definition) is 8. The van der Waals surface area contributed by atoms with Gasteiger partial charge in [-0.05, 0) is 110 Å². The molecule has 3 aromatic rings. The van der Waals surface area contributed by atoms with Gasteiger partial charge in [0.1, 0.15) is 17.1 Å². The van der Waals surface area contributed by atoms with Crippen molar-refractivity contribution in [1.82, 2.24) is 25.8 Å². The van der Waals surface area contributed by atoms with Crippen molar-refractivity contribution >= 4 is 58.3 Å². The van der Waals surface area contributed by atoms with E-state index in [0.717, 1.165) is 34.5 Å². The third-order valence-electron chi connectivity index (χ3n) is 9.64. The van der Waals surface area contributed by atoms with Gasteiger partial charge in [0.25, 0.3) is 0 Å². The van der Waals surface area contributed by atoms with Gasteiger partial charge in [-0.1, -0.05) is 53.2 Å². The number of aromatic nitrogens is 1. The highest BCUT2D eigenvalue weighted by Crippen LogP contribution is 2.43. The van der Waals surface area contributed by atoms with Gasteiger partial charge in [-0.2, -0.15) is 13.2 Å². The van der Waals surface area contributed by atoms with Gasteiger partial charge in [0.2, 0.25) is 17.7 Å². The van der Waals surface area contributed by atoms with Crippen LogP contribution in [-0.2, 0) is 40.1 Å². The molecule has 3 atom stereocenters. The molecule has 16 heteroatoms. The minimum absolute atomic E-state index is 0.0339. The molecule has 0 radical (unpaired) electrons. The number of nitrogens with zero attached hydrogens (tertiary/aromatic N) is 2. The van der Waals surface area contributed by atoms with E-state index in [4.69, 9.17) is 34.7 Å². The van der Waals surface area contributed by atoms with E-state index in [-0.39, 0.29) is 34.9 Å². The van der Waals surface area contributed by atoms with Crippen molar-refractivity contribution in [2.24, 2.45) is 11.5 Å². The zero-order valence-electron chi connectivity index (χ0n) is 29.8. The SMILES string of the molecule is CN1C(=O)[C@H](CCCCN)NC(=O)[C@H](CCCN)NCc2cccnc2Sc2c(Cl)ccc(C(F)(F)F)c2CNC(=O)[C@@H]1CC1=CCc2ccc(Cl)cc21. The normalized spacial score (nSPS) is 20.0. The zero-order chi connectivity index (χ0) is 39.0. The average Bonchev–Trinajstić information content (AvgIpc) is 3.53. The Kier molecular flexibility index (Phi) is 14.4. The maximum atomic E-state index is 14.6. The van der Waals surface area contributed by atoms with Crippen molar-refractivity contribution in [3.63, 3.8) is 0 Å². The molecule has 2 aromatic carbocycles. The third kappa shape index (κ3) is 10.1. The predicted octanol–water partition coefficient (Wildman–Crippen LogP) is 5.86. The van der Waals surface area contributed by atoms with Gasteiger partial charge in [-0.15, -0.1) is 0 Å². The number of carbonyl (C=O) groups excluding carboxylic acids is 3. The lowest BCUT2D eigenvalue weighted by molar-refractivity contribution is -0.142. The second-order valence-electron chi connectivity index (χ2n) is 13.3. The molecule has 0 fully saturated rings. The lowest BCUT2D eigenvalue weighted by Crippen LogP contribution is -2.56. The number of nitrogens with one attached hydrogen (secondary N) is 3. The number of rotatable bonds is 9. The van der Waals surface area contributed by atoms with Gasteiger partial charge >= 0.3 is 6.18 Å². The highest BCUT2D eigenvalue weighted by molar-refractivity contribution is 7.99. The number of nitrogens with two attached hydrogens (primary N) is 2. The molecule has 0 spiro atoms. The van der Waals surface area contributed by atoms with Crippen molar-refractivity contribution in [2.45, 2.75) is 92.3 Å². The lowest BCUT2D eigenvalue weighted by atomic mass is 9.97. The quantitative estimate of drug-likeness (QED) is 0.169. The number of likely N-dealkylation sites (N-methyl/N-ethyl adjacent to an activating group) is 1. The molecule has 290 valence electrons. The van der Waals surface area contributed by atoms with Crippen LogP contribution in [0.15, 0.2) is 64.7 Å². The molecular formula is C38H44Cl2F3N7O3S. The van der Waals surface area contributed by atoms with Crippen LogP contribution in [0.25, 0.3) is 5.57 Å². The van der Waals surface area contributed by atoms with Crippen molar-refractivity contribution in [3.05, 3.63) is 92.6 Å². The lowest BCUT2D eigenvalue weighted by Gasteiger charge is -2.32. The van der Waals surface area contributed by atoms with Crippen molar-refractivity contribution < 1.29 is 27.6 Å². The number of alkyl halides is 3. The summed E-state index contributed by atoms with van der Waals surface area (Å²) in [5.41, 5.74) is 13.5. The highest BCUT2D eigenvalue weighted by atomic mass is 35.5. The second kappa shape index (κ2) is 18.8. The van der Waals surface area contributed by atoms with Gasteiger partial charge in [0.05, 0.1) is 16.6 Å². The molecular weight excluding hydrogens is 762 g/mol. The largest absolute Gasteiger partial charge is 0.416 e. The molecule has 1 aliphatic carbocycles. The Hall–Kier alpha value is -3.66. The van der Waals surface area contributed by atoms with E-state index in [0.29, 0.717) is 60.8 Å². The molecule has 1 aromatic heterocycles. The first-order valence-electron chi connectivity index (χ1n) is 17.8. The zero-order valence-corrected chi connectivity index (χ0v) is 32.1. The van der Waals surface area contributed by atoms with E-state index in [1.165, 1.54) is 24.2 Å². The fourth-order valence-electron chi connectivity index (χ4n) is 6.67. The van der Waals surface area contributed by atoms with Crippen LogP contribution in [0, 0.1) is 0 Å². The fraction of sp³-hybridized carbons (Fsp3) is 0.421. The predicted molar refractivity (Wildman–Crippen MR) is 205 cm³/mol. The van der Waals surface area contributed by atoms with Crippen LogP contribution in [0.2, 0.25) is 10.0 Å². The Labute approximate surface area is 327 Å². The summed E-state index contributed by atoms with van der Waals surface area (Å²) in [4.78, 5) is 48.5. The Bertz CT molecular complexity index is 1880. The summed E-state index contributed by atoms with van der Waals surface area (Å²) in [6.07, 6.45) is 1.49. The minimum atomic E-state index is -4.78. The summed E-state index contributed by atoms with van der Waals surface area (Å²) in [6.45, 7) is 0.271. The highest BCUT2D eigenvalue weighted by Gasteiger charge is 2.38. The molecule has 2 aliphatic rings. The van der Waals surface area contributed by atoms with Crippen LogP contribution in [0.1, 0.15) is 66.3 Å². The summed E-state index contributed by atoms with van der Waals surface area (Å²) in [7, 11) is 1.46. The van der Waals surface area contributed by atoms with Crippen LogP contribution in [-0.4, -0.2) is 65.9 Å². The first-order valence-corrected chi connectivity index (χ1v) is 19.4. The van der Waals surface area contributed by atoms with E-state index in [1.807, 2.05) is 12.1 Å². The number of pyridine rings is 1. The number of carbonyl (C=O) groups is 3. The number of amides is 3. The number of allylic oxidation sites excluding steroid dienone is 1. The molecule has 1 aliphatic heterocycles. The Morgan fingerprint density at radius 3 is 2.44 bits per heavy atom. The van der Waals surface area contributed by atoms with Crippen molar-refractivity contribution in [3.8, 4) is 0 Å². The Balaban J connectivity index is 1.62. The monoisotopic (exact) mass is 805 g/mol. The molecule has 54 heavy (non-hydrogen) atoms. The molecule has 10 nitrogen and oxygen atoms in total. The molecule has 0 unspecified atom stereocenters. The van der Waals surface area contributed by atoms with Gasteiger partial charge in [-0.3, -0.25) is 14.4 Å². The van der Waals surface area contributed by atoms with E-state index < -0.39 is 54.1 Å². The van der Waals surface area contributed by atoms with Crippen LogP contribution in [0.5, 0.6) is 0 Å². The van der Waals surface area contributed by atoms with E-state index in [2.05, 4.69) is 20.9 Å². The summed E-state index contributed by atoms with van der Waals surface area (Å²) < 4.78 is 43.8. The van der Waals surface area contributed by atoms with Gasteiger partial charge in [-0.25, -0.2) is 4.98 Å². The molecule has 0 bridgehead atoms. The molecule has 2 heterocycles. The summed E-state index contributed by atoms with van der Waals surface area (Å²) in [5.74, 6) is -1.66. The third-order valence-corrected chi connectivity index (χ3v) is 11.5. The van der Waals surface area contributed by atoms with Crippen LogP contribution >= 0.6 is 35.0 Å². The number of unbranched alkanes of at least 4 members (excludes halogenated alkanes) is 1. The summed E-state index contributed by atoms with van der Waals surface area (Å²) in [6, 6.07) is 7.94. The molecule has 0 saturated carbocycles. The van der Waals surface area contributed by atoms with Crippen LogP contribution in [0.3, 0.4) is 0 Å². The van der Waals surface area contributed by atoms with Gasteiger partial charge < -0.3 is 32.3 Å². The molecule has 3 amide bonds. The number of benzene rings is 2. The van der Waals surface area contributed by atoms with Gasteiger partial charge in [0, 0.05) is 42.7 Å². The molecule has 7 N–H and O–H groups in total. The Morgan fingerprint density at radius 2 is 1.70 bits per heavy atom. The van der Waals surface area contributed by atoms with E-state index in [1.54, 1.807) is 24.3 Å². The smallest absolute Gasteiger partial charge is 0.350 e. The van der Waals surface area contributed by atoms with Crippen LogP contribution in [0.4, 0.5) is 13.2 Å². The van der Waals surface area contributed by atoms with Crippen LogP contribution < -0.4 is 27.4 Å². The second-order valence-corrected chi connectivity index (χ2v) is 15.1. The standard InChI is InChI=1S/C38H44Cl2F3N7O3S/c1-50-32(18-23-10-9-22-11-12-25(39)19-26(22)23)35(52)48-21-27-28(38(41,42)43)13-14-29(40)33(27)54-36-24(6-5-17-46-36)20-47-30(8-4-16-45)34(51)49-31(37(50)53)7-2-3-15-44/h5-6,10-14,17,19,30-32,47H,2-4,7-9,15-16,18,20-21,44-45H2,1H3,(H,48,52)(H,49,51)/t30-,31-,32-/m0/s1. The topological polar surface area (TPSA) is 155 Å². The Morgan fingerprint density at radius 1 is 0.944 bits per heavy atom. The first kappa shape index (κ1) is 41.5. The maximum absolute atomic E-state index is 14.6. The fourth-order valence-corrected chi connectivity index (χ4v) is 8.18. The molecule has 5 rings (SSSR count). The first-order chi connectivity index (χ1) is 25.8.